The normalized spacial score (nSPS) is 12.3. The third-order valence-electron chi connectivity index (χ3n) is 3.68. The molecule has 3 rings (SSSR count). The van der Waals surface area contributed by atoms with Gasteiger partial charge in [-0.15, -0.1) is 0 Å². The quantitative estimate of drug-likeness (QED) is 0.553. The summed E-state index contributed by atoms with van der Waals surface area (Å²) in [6.45, 7) is 0. The van der Waals surface area contributed by atoms with Gasteiger partial charge in [0.05, 0.1) is 0 Å². The zero-order chi connectivity index (χ0) is 15.2. The van der Waals surface area contributed by atoms with Gasteiger partial charge in [-0.05, 0) is 0 Å². The molecule has 2 heteroatoms. The van der Waals surface area contributed by atoms with Crippen molar-refractivity contribution in [2.45, 2.75) is 10.2 Å². The van der Waals surface area contributed by atoms with Gasteiger partial charge in [0, 0.05) is 0 Å². The molecule has 1 N–H and O–H groups in total. The van der Waals surface area contributed by atoms with E-state index in [2.05, 4.69) is 60.7 Å². The molecule has 0 spiro atoms. The Morgan fingerprint density at radius 2 is 1.05 bits per heavy atom. The summed E-state index contributed by atoms with van der Waals surface area (Å²) in [6.07, 6.45) is -0.376. The zero-order valence-electron chi connectivity index (χ0n) is 12.3. The van der Waals surface area contributed by atoms with Crippen LogP contribution in [0.15, 0.2) is 91.0 Å². The summed E-state index contributed by atoms with van der Waals surface area (Å²) in [7, 11) is 0. The molecule has 22 heavy (non-hydrogen) atoms. The Bertz CT molecular complexity index is 643. The molecule has 0 aliphatic rings. The second kappa shape index (κ2) is 7.67. The summed E-state index contributed by atoms with van der Waals surface area (Å²) >= 11 is -2.18. The molecule has 3 aromatic rings. The third kappa shape index (κ3) is 3.82. The van der Waals surface area contributed by atoms with Crippen LogP contribution in [0.3, 0.4) is 0 Å². The van der Waals surface area contributed by atoms with Crippen molar-refractivity contribution in [3.05, 3.63) is 96.6 Å². The van der Waals surface area contributed by atoms with Gasteiger partial charge in [0.1, 0.15) is 0 Å². The minimum absolute atomic E-state index is 0.376. The fourth-order valence-corrected chi connectivity index (χ4v) is 11.6. The molecule has 0 fully saturated rings. The Morgan fingerprint density at radius 1 is 0.636 bits per heavy atom. The number of aliphatic hydroxyl groups is 1. The van der Waals surface area contributed by atoms with E-state index in [9.17, 15) is 5.11 Å². The van der Waals surface area contributed by atoms with E-state index in [1.807, 2.05) is 30.3 Å². The summed E-state index contributed by atoms with van der Waals surface area (Å²) in [6, 6.07) is 31.5. The van der Waals surface area contributed by atoms with Crippen molar-refractivity contribution in [3.8, 4) is 0 Å². The fraction of sp³-hybridized carbons (Fsp3) is 0.100. The van der Waals surface area contributed by atoms with Crippen LogP contribution in [0, 0.1) is 0 Å². The van der Waals surface area contributed by atoms with Crippen molar-refractivity contribution >= 4 is 28.3 Å². The number of hydrogen-bond donors (Lipinski definition) is 1. The molecule has 0 heterocycles. The molecular weight excluding hydrogens is 465 g/mol. The van der Waals surface area contributed by atoms with Crippen molar-refractivity contribution in [1.82, 2.24) is 0 Å². The number of hydrogen-bond acceptors (Lipinski definition) is 1. The van der Waals surface area contributed by atoms with Crippen molar-refractivity contribution in [1.29, 1.82) is 0 Å². The van der Waals surface area contributed by atoms with Gasteiger partial charge in [-0.1, -0.05) is 0 Å². The van der Waals surface area contributed by atoms with E-state index in [1.54, 1.807) is 0 Å². The van der Waals surface area contributed by atoms with E-state index in [1.165, 1.54) is 6.54 Å². The number of benzene rings is 3. The van der Waals surface area contributed by atoms with Gasteiger partial charge in [-0.3, -0.25) is 0 Å². The van der Waals surface area contributed by atoms with Crippen LogP contribution < -0.4 is 6.54 Å². The fourth-order valence-electron chi connectivity index (χ4n) is 2.53. The van der Waals surface area contributed by atoms with Crippen molar-refractivity contribution in [2.24, 2.45) is 0 Å². The molecule has 110 valence electrons. The summed E-state index contributed by atoms with van der Waals surface area (Å²) in [5, 5.41) is 10.7. The van der Waals surface area contributed by atoms with Gasteiger partial charge in [-0.2, -0.15) is 0 Å². The monoisotopic (exact) mass is 484 g/mol. The van der Waals surface area contributed by atoms with Crippen molar-refractivity contribution in [2.75, 3.05) is 0 Å². The molecule has 1 atom stereocenters. The molecule has 0 aromatic heterocycles. The second-order valence-corrected chi connectivity index (χ2v) is 14.0. The molecule has 0 aliphatic carbocycles. The molecule has 1 nitrogen and oxygen atoms in total. The van der Waals surface area contributed by atoms with Gasteiger partial charge in [0.15, 0.2) is 0 Å². The maximum atomic E-state index is 10.7. The predicted octanol–water partition coefficient (Wildman–Crippen LogP) is 3.03. The number of aliphatic hydroxyl groups excluding tert-OH is 1. The van der Waals surface area contributed by atoms with Crippen LogP contribution in [0.25, 0.3) is 0 Å². The topological polar surface area (TPSA) is 20.2 Å². The standard InChI is InChI=1S/C8H9O.2C6H5.Bi/c1-7(9)8-5-3-2-4-6-8;2*1-2-4-6-5-3-1;/h2-7,9H,1H2;2*1-5H;. The van der Waals surface area contributed by atoms with Crippen LogP contribution in [0.1, 0.15) is 11.7 Å². The summed E-state index contributed by atoms with van der Waals surface area (Å²) in [4.78, 5) is 0. The molecule has 0 amide bonds. The Kier molecular flexibility index (Phi) is 5.37. The third-order valence-corrected chi connectivity index (χ3v) is 13.6. The first-order valence-corrected chi connectivity index (χ1v) is 13.4. The van der Waals surface area contributed by atoms with Crippen LogP contribution in [0.2, 0.25) is 4.13 Å². The van der Waals surface area contributed by atoms with Gasteiger partial charge < -0.3 is 0 Å². The van der Waals surface area contributed by atoms with Crippen LogP contribution in [-0.4, -0.2) is 26.9 Å². The summed E-state index contributed by atoms with van der Waals surface area (Å²) < 4.78 is 3.77. The van der Waals surface area contributed by atoms with Crippen LogP contribution in [-0.2, 0) is 0 Å². The first kappa shape index (κ1) is 15.4. The Morgan fingerprint density at radius 3 is 1.50 bits per heavy atom. The van der Waals surface area contributed by atoms with E-state index in [4.69, 9.17) is 0 Å². The SMILES string of the molecule is OC([CH2][Bi]([c]1ccccc1)[c]1ccccc1)c1ccccc1. The summed E-state index contributed by atoms with van der Waals surface area (Å²) in [5.41, 5.74) is 1.02. The molecule has 0 bridgehead atoms. The second-order valence-electron chi connectivity index (χ2n) is 5.21. The Balaban J connectivity index is 1.90. The first-order valence-electron chi connectivity index (χ1n) is 7.45. The Labute approximate surface area is 139 Å². The van der Waals surface area contributed by atoms with Crippen molar-refractivity contribution in [3.63, 3.8) is 0 Å². The molecule has 0 saturated heterocycles. The van der Waals surface area contributed by atoms with Crippen LogP contribution in [0.5, 0.6) is 0 Å². The van der Waals surface area contributed by atoms with Crippen LogP contribution in [0.4, 0.5) is 0 Å². The van der Waals surface area contributed by atoms with Gasteiger partial charge in [0.2, 0.25) is 0 Å². The molecule has 0 aliphatic heterocycles. The average Bonchev–Trinajstić information content (AvgIpc) is 2.62. The van der Waals surface area contributed by atoms with E-state index in [0.29, 0.717) is 0 Å². The van der Waals surface area contributed by atoms with E-state index in [0.717, 1.165) is 9.69 Å². The van der Waals surface area contributed by atoms with E-state index < -0.39 is 21.8 Å². The minimum atomic E-state index is -2.18. The predicted molar refractivity (Wildman–Crippen MR) is 94.1 cm³/mol. The molecule has 0 saturated carbocycles. The number of rotatable bonds is 5. The van der Waals surface area contributed by atoms with Gasteiger partial charge in [-0.25, -0.2) is 0 Å². The molecule has 0 radical (unpaired) electrons. The van der Waals surface area contributed by atoms with Crippen molar-refractivity contribution < 1.29 is 5.11 Å². The zero-order valence-corrected chi connectivity index (χ0v) is 15.8. The molecule has 1 unspecified atom stereocenters. The van der Waals surface area contributed by atoms with Gasteiger partial charge in [0.25, 0.3) is 0 Å². The van der Waals surface area contributed by atoms with Gasteiger partial charge >= 0.3 is 140 Å². The molecule has 3 aromatic carbocycles. The molecular formula is C20H19BiO. The average molecular weight is 484 g/mol. The maximum absolute atomic E-state index is 10.7. The van der Waals surface area contributed by atoms with E-state index in [-0.39, 0.29) is 6.10 Å². The Hall–Kier alpha value is -1.50. The van der Waals surface area contributed by atoms with Crippen LogP contribution >= 0.6 is 0 Å². The van der Waals surface area contributed by atoms with E-state index >= 15 is 0 Å². The summed E-state index contributed by atoms with van der Waals surface area (Å²) in [5.74, 6) is 0. The first-order chi connectivity index (χ1) is 10.8.